The molecule has 0 aliphatic heterocycles. The molecule has 0 unspecified atom stereocenters. The summed E-state index contributed by atoms with van der Waals surface area (Å²) in [6.45, 7) is 2.42. The first-order valence-electron chi connectivity index (χ1n) is 8.20. The van der Waals surface area contributed by atoms with E-state index in [1.807, 2.05) is 41.8 Å². The topological polar surface area (TPSA) is 66.6 Å². The standard InChI is InChI=1S/C21H19N3O2/c1-3-13-24-15(2)18(17-11-7-8-12-19(17)24)14-22-23-21(26)20(25)16-9-5-4-6-10-16/h1,4-12,14,20,25H,13H2,2H3,(H,23,26)/b22-14-/t20-/m1/s1. The summed E-state index contributed by atoms with van der Waals surface area (Å²) in [5, 5.41) is 15.1. The molecular weight excluding hydrogens is 326 g/mol. The Bertz CT molecular complexity index is 997. The van der Waals surface area contributed by atoms with Gasteiger partial charge in [-0.25, -0.2) is 5.43 Å². The lowest BCUT2D eigenvalue weighted by Crippen LogP contribution is -2.25. The number of aliphatic hydroxyl groups excluding tert-OH is 1. The smallest absolute Gasteiger partial charge is 0.273 e. The lowest BCUT2D eigenvalue weighted by molar-refractivity contribution is -0.129. The van der Waals surface area contributed by atoms with E-state index in [9.17, 15) is 9.90 Å². The first-order valence-corrected chi connectivity index (χ1v) is 8.20. The minimum absolute atomic E-state index is 0.458. The fraction of sp³-hybridized carbons (Fsp3) is 0.143. The molecule has 0 aliphatic rings. The van der Waals surface area contributed by atoms with Gasteiger partial charge < -0.3 is 9.67 Å². The van der Waals surface area contributed by atoms with Crippen LogP contribution >= 0.6 is 0 Å². The number of aliphatic hydroxyl groups is 1. The summed E-state index contributed by atoms with van der Waals surface area (Å²) >= 11 is 0. The molecule has 1 heterocycles. The number of hydrogen-bond donors (Lipinski definition) is 2. The van der Waals surface area contributed by atoms with Crippen LogP contribution in [0.5, 0.6) is 0 Å². The van der Waals surface area contributed by atoms with E-state index >= 15 is 0 Å². The lowest BCUT2D eigenvalue weighted by Gasteiger charge is -2.08. The van der Waals surface area contributed by atoms with Crippen molar-refractivity contribution in [1.29, 1.82) is 0 Å². The first kappa shape index (κ1) is 17.5. The van der Waals surface area contributed by atoms with E-state index in [0.717, 1.165) is 22.2 Å². The van der Waals surface area contributed by atoms with E-state index in [4.69, 9.17) is 6.42 Å². The summed E-state index contributed by atoms with van der Waals surface area (Å²) in [5.41, 5.74) is 5.77. The third-order valence-electron chi connectivity index (χ3n) is 4.26. The third kappa shape index (κ3) is 3.37. The van der Waals surface area contributed by atoms with Crippen LogP contribution in [0, 0.1) is 19.3 Å². The van der Waals surface area contributed by atoms with Crippen molar-refractivity contribution < 1.29 is 9.90 Å². The van der Waals surface area contributed by atoms with Crippen molar-refractivity contribution in [2.24, 2.45) is 5.10 Å². The third-order valence-corrected chi connectivity index (χ3v) is 4.26. The number of nitrogens with one attached hydrogen (secondary N) is 1. The van der Waals surface area contributed by atoms with Crippen LogP contribution in [0.25, 0.3) is 10.9 Å². The highest BCUT2D eigenvalue weighted by atomic mass is 16.3. The van der Waals surface area contributed by atoms with Gasteiger partial charge in [-0.3, -0.25) is 4.79 Å². The van der Waals surface area contributed by atoms with Gasteiger partial charge in [0, 0.05) is 22.2 Å². The zero-order valence-electron chi connectivity index (χ0n) is 14.4. The highest BCUT2D eigenvalue weighted by molar-refractivity contribution is 6.01. The number of fused-ring (bicyclic) bond motifs is 1. The fourth-order valence-corrected chi connectivity index (χ4v) is 2.92. The Morgan fingerprint density at radius 2 is 1.96 bits per heavy atom. The van der Waals surface area contributed by atoms with Gasteiger partial charge in [0.1, 0.15) is 0 Å². The maximum absolute atomic E-state index is 12.1. The van der Waals surface area contributed by atoms with Gasteiger partial charge in [0.2, 0.25) is 0 Å². The molecule has 1 aromatic heterocycles. The second-order valence-corrected chi connectivity index (χ2v) is 5.85. The number of amides is 1. The van der Waals surface area contributed by atoms with Gasteiger partial charge in [0.05, 0.1) is 12.8 Å². The lowest BCUT2D eigenvalue weighted by atomic mass is 10.1. The number of rotatable bonds is 5. The van der Waals surface area contributed by atoms with E-state index in [-0.39, 0.29) is 0 Å². The van der Waals surface area contributed by atoms with Gasteiger partial charge in [-0.15, -0.1) is 6.42 Å². The summed E-state index contributed by atoms with van der Waals surface area (Å²) in [5.74, 6) is 2.07. The van der Waals surface area contributed by atoms with Crippen molar-refractivity contribution in [2.75, 3.05) is 0 Å². The van der Waals surface area contributed by atoms with E-state index < -0.39 is 12.0 Å². The molecule has 1 atom stereocenters. The number of hydrogen-bond acceptors (Lipinski definition) is 3. The Hall–Kier alpha value is -3.36. The predicted octanol–water partition coefficient (Wildman–Crippen LogP) is 2.77. The van der Waals surface area contributed by atoms with Gasteiger partial charge in [0.15, 0.2) is 6.10 Å². The molecule has 0 radical (unpaired) electrons. The van der Waals surface area contributed by atoms with Gasteiger partial charge in [-0.2, -0.15) is 5.10 Å². The van der Waals surface area contributed by atoms with Crippen LogP contribution in [-0.4, -0.2) is 21.8 Å². The molecule has 0 fully saturated rings. The number of para-hydroxylation sites is 1. The number of carbonyl (C=O) groups is 1. The van der Waals surface area contributed by atoms with Crippen molar-refractivity contribution in [3.63, 3.8) is 0 Å². The number of aromatic nitrogens is 1. The molecule has 0 bridgehead atoms. The Labute approximate surface area is 152 Å². The van der Waals surface area contributed by atoms with Crippen LogP contribution in [0.4, 0.5) is 0 Å². The number of carbonyl (C=O) groups excluding carboxylic acids is 1. The molecule has 5 nitrogen and oxygen atoms in total. The average molecular weight is 345 g/mol. The zero-order chi connectivity index (χ0) is 18.5. The Morgan fingerprint density at radius 3 is 2.69 bits per heavy atom. The van der Waals surface area contributed by atoms with Gasteiger partial charge >= 0.3 is 0 Å². The molecule has 0 saturated heterocycles. The van der Waals surface area contributed by atoms with Crippen molar-refractivity contribution in [3.8, 4) is 12.3 Å². The first-order chi connectivity index (χ1) is 12.6. The highest BCUT2D eigenvalue weighted by Crippen LogP contribution is 2.24. The maximum Gasteiger partial charge on any atom is 0.273 e. The average Bonchev–Trinajstić information content (AvgIpc) is 2.94. The number of nitrogens with zero attached hydrogens (tertiary/aromatic N) is 2. The number of terminal acetylenes is 1. The Balaban J connectivity index is 1.82. The molecule has 0 saturated carbocycles. The zero-order valence-corrected chi connectivity index (χ0v) is 14.4. The van der Waals surface area contributed by atoms with Crippen LogP contribution in [0.2, 0.25) is 0 Å². The van der Waals surface area contributed by atoms with Crippen LogP contribution in [0.3, 0.4) is 0 Å². The molecule has 5 heteroatoms. The van der Waals surface area contributed by atoms with Crippen molar-refractivity contribution >= 4 is 23.0 Å². The van der Waals surface area contributed by atoms with E-state index in [2.05, 4.69) is 16.4 Å². The van der Waals surface area contributed by atoms with E-state index in [0.29, 0.717) is 12.1 Å². The molecule has 3 rings (SSSR count). The van der Waals surface area contributed by atoms with Crippen molar-refractivity contribution in [2.45, 2.75) is 19.6 Å². The Morgan fingerprint density at radius 1 is 1.27 bits per heavy atom. The molecular formula is C21H19N3O2. The minimum atomic E-state index is -1.27. The second-order valence-electron chi connectivity index (χ2n) is 5.85. The molecule has 26 heavy (non-hydrogen) atoms. The number of hydrazone groups is 1. The SMILES string of the molecule is C#CCn1c(C)c(/C=N\NC(=O)[C@H](O)c2ccccc2)c2ccccc21. The van der Waals surface area contributed by atoms with Crippen molar-refractivity contribution in [3.05, 3.63) is 71.4 Å². The molecule has 0 spiro atoms. The number of benzene rings is 2. The molecule has 1 amide bonds. The minimum Gasteiger partial charge on any atom is -0.378 e. The summed E-state index contributed by atoms with van der Waals surface area (Å²) in [6, 6.07) is 16.6. The van der Waals surface area contributed by atoms with E-state index in [1.165, 1.54) is 0 Å². The summed E-state index contributed by atoms with van der Waals surface area (Å²) in [6.07, 6.45) is 5.79. The molecule has 0 aliphatic carbocycles. The fourth-order valence-electron chi connectivity index (χ4n) is 2.92. The summed E-state index contributed by atoms with van der Waals surface area (Å²) < 4.78 is 2.03. The molecule has 130 valence electrons. The molecule has 3 aromatic rings. The highest BCUT2D eigenvalue weighted by Gasteiger charge is 2.16. The van der Waals surface area contributed by atoms with Crippen molar-refractivity contribution in [1.82, 2.24) is 9.99 Å². The molecule has 2 aromatic carbocycles. The quantitative estimate of drug-likeness (QED) is 0.424. The van der Waals surface area contributed by atoms with Crippen LogP contribution in [0.15, 0.2) is 59.7 Å². The van der Waals surface area contributed by atoms with Gasteiger partial charge in [-0.05, 0) is 18.6 Å². The van der Waals surface area contributed by atoms with E-state index in [1.54, 1.807) is 30.5 Å². The van der Waals surface area contributed by atoms with Gasteiger partial charge in [0.25, 0.3) is 5.91 Å². The van der Waals surface area contributed by atoms with Crippen LogP contribution < -0.4 is 5.43 Å². The Kier molecular flexibility index (Phi) is 5.16. The summed E-state index contributed by atoms with van der Waals surface area (Å²) in [7, 11) is 0. The maximum atomic E-state index is 12.1. The van der Waals surface area contributed by atoms with Crippen LogP contribution in [-0.2, 0) is 11.3 Å². The van der Waals surface area contributed by atoms with Gasteiger partial charge in [-0.1, -0.05) is 54.5 Å². The second kappa shape index (κ2) is 7.68. The monoisotopic (exact) mass is 345 g/mol. The van der Waals surface area contributed by atoms with Crippen LogP contribution in [0.1, 0.15) is 22.9 Å². The summed E-state index contributed by atoms with van der Waals surface area (Å²) in [4.78, 5) is 12.1. The normalized spacial score (nSPS) is 12.2. The predicted molar refractivity (Wildman–Crippen MR) is 103 cm³/mol. The molecule has 2 N–H and O–H groups in total. The largest absolute Gasteiger partial charge is 0.378 e.